The first kappa shape index (κ1) is 16.5. The second kappa shape index (κ2) is 7.02. The molecule has 0 saturated heterocycles. The average molecular weight is 370 g/mol. The highest BCUT2D eigenvalue weighted by Crippen LogP contribution is 2.40. The van der Waals surface area contributed by atoms with Crippen molar-refractivity contribution < 1.29 is 4.74 Å². The van der Waals surface area contributed by atoms with Gasteiger partial charge in [-0.1, -0.05) is 46.9 Å². The van der Waals surface area contributed by atoms with Crippen LogP contribution in [-0.4, -0.2) is 18.1 Å². The number of ether oxygens (including phenoxy) is 1. The molecule has 3 aromatic rings. The minimum Gasteiger partial charge on any atom is -0.491 e. The highest BCUT2D eigenvalue weighted by Gasteiger charge is 2.17. The van der Waals surface area contributed by atoms with Crippen molar-refractivity contribution in [2.75, 3.05) is 13.2 Å². The predicted molar refractivity (Wildman–Crippen MR) is 97.1 cm³/mol. The minimum absolute atomic E-state index is 0.409. The summed E-state index contributed by atoms with van der Waals surface area (Å²) in [5.74, 6) is 0.719. The smallest absolute Gasteiger partial charge is 0.133 e. The van der Waals surface area contributed by atoms with Gasteiger partial charge in [-0.3, -0.25) is 0 Å². The van der Waals surface area contributed by atoms with Crippen molar-refractivity contribution in [3.8, 4) is 5.75 Å². The zero-order valence-electron chi connectivity index (χ0n) is 12.2. The molecule has 3 rings (SSSR count). The Morgan fingerprint density at radius 1 is 1.04 bits per heavy atom. The van der Waals surface area contributed by atoms with Crippen molar-refractivity contribution in [1.82, 2.24) is 4.98 Å². The van der Waals surface area contributed by atoms with Crippen molar-refractivity contribution >= 4 is 45.7 Å². The molecule has 0 bridgehead atoms. The maximum atomic E-state index is 6.38. The van der Waals surface area contributed by atoms with Gasteiger partial charge in [-0.05, 0) is 23.8 Å². The Hall–Kier alpha value is -1.39. The van der Waals surface area contributed by atoms with Crippen LogP contribution in [0.5, 0.6) is 5.75 Å². The first-order valence-electron chi connectivity index (χ1n) is 7.15. The summed E-state index contributed by atoms with van der Waals surface area (Å²) in [6, 6.07) is 9.58. The Bertz CT molecular complexity index is 828. The molecule has 0 amide bonds. The monoisotopic (exact) mass is 368 g/mol. The fourth-order valence-corrected chi connectivity index (χ4v) is 3.18. The third kappa shape index (κ3) is 3.43. The van der Waals surface area contributed by atoms with Gasteiger partial charge in [0.25, 0.3) is 0 Å². The largest absolute Gasteiger partial charge is 0.491 e. The molecule has 6 heteroatoms. The molecule has 0 atom stereocenters. The standard InChI is InChI=1S/C17H15Cl3N2O/c18-12-3-1-10(2-4-12)7-11-8-13(19)16-15(14(20)9-22-16)17(11)23-6-5-21/h1-4,8-9,22H,5-7,21H2. The summed E-state index contributed by atoms with van der Waals surface area (Å²) >= 11 is 18.6. The van der Waals surface area contributed by atoms with Crippen LogP contribution in [0.25, 0.3) is 10.9 Å². The van der Waals surface area contributed by atoms with Crippen molar-refractivity contribution in [2.24, 2.45) is 5.73 Å². The molecule has 0 aliphatic carbocycles. The Labute approximate surface area is 149 Å². The van der Waals surface area contributed by atoms with Crippen molar-refractivity contribution in [1.29, 1.82) is 0 Å². The number of halogens is 3. The second-order valence-corrected chi connectivity index (χ2v) is 6.42. The Balaban J connectivity index is 2.10. The summed E-state index contributed by atoms with van der Waals surface area (Å²) in [7, 11) is 0. The fourth-order valence-electron chi connectivity index (χ4n) is 2.54. The van der Waals surface area contributed by atoms with Gasteiger partial charge in [0.2, 0.25) is 0 Å². The lowest BCUT2D eigenvalue weighted by molar-refractivity contribution is 0.329. The van der Waals surface area contributed by atoms with Gasteiger partial charge in [-0.2, -0.15) is 0 Å². The van der Waals surface area contributed by atoms with Gasteiger partial charge in [0.15, 0.2) is 0 Å². The van der Waals surface area contributed by atoms with Crippen LogP contribution in [0.1, 0.15) is 11.1 Å². The van der Waals surface area contributed by atoms with Crippen molar-refractivity contribution in [2.45, 2.75) is 6.42 Å². The van der Waals surface area contributed by atoms with Crippen LogP contribution in [0.4, 0.5) is 0 Å². The van der Waals surface area contributed by atoms with E-state index in [2.05, 4.69) is 4.98 Å². The maximum Gasteiger partial charge on any atom is 0.133 e. The molecule has 0 aliphatic rings. The Morgan fingerprint density at radius 3 is 2.48 bits per heavy atom. The molecule has 3 nitrogen and oxygen atoms in total. The summed E-state index contributed by atoms with van der Waals surface area (Å²) < 4.78 is 5.88. The van der Waals surface area contributed by atoms with Crippen molar-refractivity contribution in [3.63, 3.8) is 0 Å². The number of nitrogens with one attached hydrogen (secondary N) is 1. The molecule has 3 N–H and O–H groups in total. The van der Waals surface area contributed by atoms with Crippen LogP contribution in [0.3, 0.4) is 0 Å². The van der Waals surface area contributed by atoms with Gasteiger partial charge in [0.1, 0.15) is 12.4 Å². The second-order valence-electron chi connectivity index (χ2n) is 5.17. The zero-order chi connectivity index (χ0) is 16.4. The summed E-state index contributed by atoms with van der Waals surface area (Å²) in [6.45, 7) is 0.832. The number of benzene rings is 2. The SMILES string of the molecule is NCCOc1c(Cc2ccc(Cl)cc2)cc(Cl)c2[nH]cc(Cl)c12. The first-order chi connectivity index (χ1) is 11.1. The Kier molecular flexibility index (Phi) is 5.02. The predicted octanol–water partition coefficient (Wildman–Crippen LogP) is 5.06. The lowest BCUT2D eigenvalue weighted by Gasteiger charge is -2.14. The van der Waals surface area contributed by atoms with E-state index >= 15 is 0 Å². The van der Waals surface area contributed by atoms with Gasteiger partial charge in [-0.15, -0.1) is 0 Å². The molecule has 120 valence electrons. The van der Waals surface area contributed by atoms with E-state index in [0.29, 0.717) is 34.6 Å². The van der Waals surface area contributed by atoms with Crippen LogP contribution in [0.2, 0.25) is 15.1 Å². The van der Waals surface area contributed by atoms with E-state index in [1.165, 1.54) is 0 Å². The number of fused-ring (bicyclic) bond motifs is 1. The normalized spacial score (nSPS) is 11.1. The minimum atomic E-state index is 0.409. The third-order valence-electron chi connectivity index (χ3n) is 3.56. The van der Waals surface area contributed by atoms with Crippen LogP contribution >= 0.6 is 34.8 Å². The molecule has 0 saturated carbocycles. The summed E-state index contributed by atoms with van der Waals surface area (Å²) in [5, 5.41) is 2.68. The number of hydrogen-bond donors (Lipinski definition) is 2. The van der Waals surface area contributed by atoms with E-state index in [9.17, 15) is 0 Å². The van der Waals surface area contributed by atoms with Crippen LogP contribution in [0.15, 0.2) is 36.5 Å². The molecule has 0 spiro atoms. The third-order valence-corrected chi connectivity index (χ3v) is 4.41. The molecule has 1 aromatic heterocycles. The van der Waals surface area contributed by atoms with E-state index in [1.54, 1.807) is 6.20 Å². The molecule has 23 heavy (non-hydrogen) atoms. The fraction of sp³-hybridized carbons (Fsp3) is 0.176. The average Bonchev–Trinajstić information content (AvgIpc) is 2.92. The van der Waals surface area contributed by atoms with E-state index in [4.69, 9.17) is 45.3 Å². The molecule has 0 radical (unpaired) electrons. The Morgan fingerprint density at radius 2 is 1.78 bits per heavy atom. The van der Waals surface area contributed by atoms with Crippen LogP contribution < -0.4 is 10.5 Å². The summed E-state index contributed by atoms with van der Waals surface area (Å²) in [4.78, 5) is 3.08. The van der Waals surface area contributed by atoms with Crippen LogP contribution in [0, 0.1) is 0 Å². The van der Waals surface area contributed by atoms with E-state index in [1.807, 2.05) is 30.3 Å². The van der Waals surface area contributed by atoms with E-state index < -0.39 is 0 Å². The molecular formula is C17H15Cl3N2O. The zero-order valence-corrected chi connectivity index (χ0v) is 14.5. The van der Waals surface area contributed by atoms with Gasteiger partial charge in [0.05, 0.1) is 20.9 Å². The highest BCUT2D eigenvalue weighted by molar-refractivity contribution is 6.40. The summed E-state index contributed by atoms with van der Waals surface area (Å²) in [6.07, 6.45) is 2.37. The van der Waals surface area contributed by atoms with Crippen molar-refractivity contribution in [3.05, 3.63) is 62.7 Å². The van der Waals surface area contributed by atoms with Gasteiger partial charge >= 0.3 is 0 Å². The number of aromatic nitrogens is 1. The highest BCUT2D eigenvalue weighted by atomic mass is 35.5. The quantitative estimate of drug-likeness (QED) is 0.660. The number of aromatic amines is 1. The number of nitrogens with two attached hydrogens (primary N) is 1. The molecule has 0 aliphatic heterocycles. The molecule has 0 unspecified atom stereocenters. The molecule has 0 fully saturated rings. The topological polar surface area (TPSA) is 51.0 Å². The lowest BCUT2D eigenvalue weighted by Crippen LogP contribution is -2.12. The van der Waals surface area contributed by atoms with Gasteiger partial charge in [-0.25, -0.2) is 0 Å². The van der Waals surface area contributed by atoms with Gasteiger partial charge in [0, 0.05) is 29.7 Å². The van der Waals surface area contributed by atoms with Gasteiger partial charge < -0.3 is 15.5 Å². The summed E-state index contributed by atoms with van der Waals surface area (Å²) in [5.41, 5.74) is 8.41. The molecule has 1 heterocycles. The molecular weight excluding hydrogens is 355 g/mol. The maximum absolute atomic E-state index is 6.38. The number of H-pyrrole nitrogens is 1. The van der Waals surface area contributed by atoms with Crippen LogP contribution in [-0.2, 0) is 6.42 Å². The first-order valence-corrected chi connectivity index (χ1v) is 8.29. The van der Waals surface area contributed by atoms with E-state index in [0.717, 1.165) is 27.8 Å². The lowest BCUT2D eigenvalue weighted by atomic mass is 10.0. The molecule has 2 aromatic carbocycles. The van der Waals surface area contributed by atoms with E-state index in [-0.39, 0.29) is 0 Å². The number of hydrogen-bond acceptors (Lipinski definition) is 2. The number of rotatable bonds is 5.